The Morgan fingerprint density at radius 3 is 2.56 bits per heavy atom. The van der Waals surface area contributed by atoms with Crippen LogP contribution in [0.15, 0.2) is 24.3 Å². The van der Waals surface area contributed by atoms with Gasteiger partial charge in [0.25, 0.3) is 0 Å². The SMILES string of the molecule is COC(=O)c1cccc(NC(=O)N2CCN(CCCN(C)C)CC2)c1. The molecule has 138 valence electrons. The van der Waals surface area contributed by atoms with E-state index < -0.39 is 5.97 Å². The molecule has 1 heterocycles. The Hall–Kier alpha value is -2.12. The summed E-state index contributed by atoms with van der Waals surface area (Å²) in [5, 5.41) is 2.86. The summed E-state index contributed by atoms with van der Waals surface area (Å²) in [5.41, 5.74) is 1.02. The number of nitrogens with one attached hydrogen (secondary N) is 1. The Balaban J connectivity index is 1.80. The second-order valence-corrected chi connectivity index (χ2v) is 6.49. The Bertz CT molecular complexity index is 583. The number of methoxy groups -OCH3 is 1. The van der Waals surface area contributed by atoms with E-state index in [0.29, 0.717) is 24.3 Å². The number of hydrogen-bond acceptors (Lipinski definition) is 5. The zero-order chi connectivity index (χ0) is 18.2. The van der Waals surface area contributed by atoms with Gasteiger partial charge in [-0.1, -0.05) is 6.07 Å². The molecule has 25 heavy (non-hydrogen) atoms. The molecule has 0 aromatic heterocycles. The number of anilines is 1. The van der Waals surface area contributed by atoms with E-state index in [0.717, 1.165) is 32.6 Å². The average molecular weight is 348 g/mol. The topological polar surface area (TPSA) is 65.1 Å². The third-order valence-corrected chi connectivity index (χ3v) is 4.27. The first-order valence-corrected chi connectivity index (χ1v) is 8.61. The largest absolute Gasteiger partial charge is 0.465 e. The molecule has 2 rings (SSSR count). The van der Waals surface area contributed by atoms with E-state index in [9.17, 15) is 9.59 Å². The number of ether oxygens (including phenoxy) is 1. The molecular weight excluding hydrogens is 320 g/mol. The van der Waals surface area contributed by atoms with E-state index in [1.54, 1.807) is 24.3 Å². The maximum absolute atomic E-state index is 12.4. The van der Waals surface area contributed by atoms with Crippen LogP contribution >= 0.6 is 0 Å². The molecule has 0 aliphatic carbocycles. The van der Waals surface area contributed by atoms with Crippen molar-refractivity contribution in [1.29, 1.82) is 0 Å². The zero-order valence-corrected chi connectivity index (χ0v) is 15.3. The Kier molecular flexibility index (Phi) is 7.21. The van der Waals surface area contributed by atoms with Gasteiger partial charge in [0.05, 0.1) is 12.7 Å². The number of nitrogens with zero attached hydrogens (tertiary/aromatic N) is 3. The molecule has 7 heteroatoms. The maximum atomic E-state index is 12.4. The highest BCUT2D eigenvalue weighted by Gasteiger charge is 2.21. The van der Waals surface area contributed by atoms with Crippen LogP contribution in [-0.2, 0) is 4.74 Å². The number of piperazine rings is 1. The molecular formula is C18H28N4O3. The van der Waals surface area contributed by atoms with Crippen molar-refractivity contribution >= 4 is 17.7 Å². The quantitative estimate of drug-likeness (QED) is 0.791. The van der Waals surface area contributed by atoms with Crippen LogP contribution in [0.4, 0.5) is 10.5 Å². The molecule has 7 nitrogen and oxygen atoms in total. The summed E-state index contributed by atoms with van der Waals surface area (Å²) in [6.07, 6.45) is 1.14. The minimum absolute atomic E-state index is 0.130. The van der Waals surface area contributed by atoms with Gasteiger partial charge >= 0.3 is 12.0 Å². The number of urea groups is 1. The minimum Gasteiger partial charge on any atom is -0.465 e. The van der Waals surface area contributed by atoms with Crippen molar-refractivity contribution in [3.63, 3.8) is 0 Å². The lowest BCUT2D eigenvalue weighted by Gasteiger charge is -2.34. The van der Waals surface area contributed by atoms with Gasteiger partial charge in [-0.15, -0.1) is 0 Å². The molecule has 1 aromatic carbocycles. The molecule has 0 saturated carbocycles. The lowest BCUT2D eigenvalue weighted by atomic mass is 10.2. The standard InChI is InChI=1S/C18H28N4O3/c1-20(2)8-5-9-21-10-12-22(13-11-21)18(24)19-16-7-4-6-15(14-16)17(23)25-3/h4,6-7,14H,5,8-13H2,1-3H3,(H,19,24). The molecule has 1 aliphatic heterocycles. The fourth-order valence-corrected chi connectivity index (χ4v) is 2.83. The van der Waals surface area contributed by atoms with E-state index in [-0.39, 0.29) is 6.03 Å². The third kappa shape index (κ3) is 6.03. The van der Waals surface area contributed by atoms with E-state index in [2.05, 4.69) is 29.2 Å². The summed E-state index contributed by atoms with van der Waals surface area (Å²) in [7, 11) is 5.50. The van der Waals surface area contributed by atoms with Crippen LogP contribution in [0.2, 0.25) is 0 Å². The van der Waals surface area contributed by atoms with Crippen molar-refractivity contribution in [2.45, 2.75) is 6.42 Å². The van der Waals surface area contributed by atoms with Crippen molar-refractivity contribution < 1.29 is 14.3 Å². The van der Waals surface area contributed by atoms with Crippen LogP contribution < -0.4 is 5.32 Å². The minimum atomic E-state index is -0.414. The first-order chi connectivity index (χ1) is 12.0. The summed E-state index contributed by atoms with van der Waals surface area (Å²) in [6.45, 7) is 5.35. The molecule has 0 bridgehead atoms. The summed E-state index contributed by atoms with van der Waals surface area (Å²) in [5.74, 6) is -0.414. The first kappa shape index (κ1) is 19.2. The Morgan fingerprint density at radius 2 is 1.92 bits per heavy atom. The van der Waals surface area contributed by atoms with Gasteiger partial charge in [-0.25, -0.2) is 9.59 Å². The lowest BCUT2D eigenvalue weighted by molar-refractivity contribution is 0.0600. The smallest absolute Gasteiger partial charge is 0.337 e. The van der Waals surface area contributed by atoms with Gasteiger partial charge in [-0.2, -0.15) is 0 Å². The second-order valence-electron chi connectivity index (χ2n) is 6.49. The van der Waals surface area contributed by atoms with Crippen LogP contribution in [0.5, 0.6) is 0 Å². The summed E-state index contributed by atoms with van der Waals surface area (Å²) in [4.78, 5) is 30.4. The van der Waals surface area contributed by atoms with Crippen molar-refractivity contribution in [2.75, 3.05) is 65.8 Å². The highest BCUT2D eigenvalue weighted by atomic mass is 16.5. The molecule has 1 fully saturated rings. The number of benzene rings is 1. The van der Waals surface area contributed by atoms with Crippen molar-refractivity contribution in [3.05, 3.63) is 29.8 Å². The predicted octanol–water partition coefficient (Wildman–Crippen LogP) is 1.57. The predicted molar refractivity (Wildman–Crippen MR) is 98.0 cm³/mol. The molecule has 0 radical (unpaired) electrons. The van der Waals surface area contributed by atoms with E-state index in [1.165, 1.54) is 7.11 Å². The van der Waals surface area contributed by atoms with Crippen LogP contribution in [-0.4, -0.2) is 87.2 Å². The number of carbonyl (C=O) groups is 2. The molecule has 1 N–H and O–H groups in total. The summed E-state index contributed by atoms with van der Waals surface area (Å²) >= 11 is 0. The van der Waals surface area contributed by atoms with E-state index >= 15 is 0 Å². The zero-order valence-electron chi connectivity index (χ0n) is 15.3. The van der Waals surface area contributed by atoms with Gasteiger partial charge in [0.15, 0.2) is 0 Å². The molecule has 1 aliphatic rings. The number of carbonyl (C=O) groups excluding carboxylic acids is 2. The highest BCUT2D eigenvalue weighted by molar-refractivity contribution is 5.93. The third-order valence-electron chi connectivity index (χ3n) is 4.27. The molecule has 0 atom stereocenters. The Morgan fingerprint density at radius 1 is 1.20 bits per heavy atom. The van der Waals surface area contributed by atoms with Crippen LogP contribution in [0.25, 0.3) is 0 Å². The number of amides is 2. The fraction of sp³-hybridized carbons (Fsp3) is 0.556. The monoisotopic (exact) mass is 348 g/mol. The van der Waals surface area contributed by atoms with Gasteiger partial charge < -0.3 is 19.9 Å². The van der Waals surface area contributed by atoms with Gasteiger partial charge in [0.2, 0.25) is 0 Å². The van der Waals surface area contributed by atoms with E-state index in [4.69, 9.17) is 4.74 Å². The van der Waals surface area contributed by atoms with Gasteiger partial charge in [0.1, 0.15) is 0 Å². The summed E-state index contributed by atoms with van der Waals surface area (Å²) < 4.78 is 4.70. The van der Waals surface area contributed by atoms with Gasteiger partial charge in [-0.3, -0.25) is 4.90 Å². The average Bonchev–Trinajstić information content (AvgIpc) is 2.61. The lowest BCUT2D eigenvalue weighted by Crippen LogP contribution is -2.50. The van der Waals surface area contributed by atoms with E-state index in [1.807, 2.05) is 4.90 Å². The normalized spacial score (nSPS) is 15.3. The van der Waals surface area contributed by atoms with Crippen molar-refractivity contribution in [3.8, 4) is 0 Å². The molecule has 1 aromatic rings. The fourth-order valence-electron chi connectivity index (χ4n) is 2.83. The Labute approximate surface area is 149 Å². The van der Waals surface area contributed by atoms with Crippen LogP contribution in [0.1, 0.15) is 16.8 Å². The second kappa shape index (κ2) is 9.39. The molecule has 1 saturated heterocycles. The first-order valence-electron chi connectivity index (χ1n) is 8.61. The van der Waals surface area contributed by atoms with Crippen LogP contribution in [0, 0.1) is 0 Å². The summed E-state index contributed by atoms with van der Waals surface area (Å²) in [6, 6.07) is 6.65. The van der Waals surface area contributed by atoms with Gasteiger partial charge in [0, 0.05) is 31.9 Å². The van der Waals surface area contributed by atoms with Gasteiger partial charge in [-0.05, 0) is 51.8 Å². The van der Waals surface area contributed by atoms with Crippen LogP contribution in [0.3, 0.4) is 0 Å². The molecule has 0 spiro atoms. The number of rotatable bonds is 6. The van der Waals surface area contributed by atoms with Crippen molar-refractivity contribution in [1.82, 2.24) is 14.7 Å². The number of esters is 1. The maximum Gasteiger partial charge on any atom is 0.337 e. The molecule has 2 amide bonds. The van der Waals surface area contributed by atoms with Crippen molar-refractivity contribution in [2.24, 2.45) is 0 Å². The number of hydrogen-bond donors (Lipinski definition) is 1. The molecule has 0 unspecified atom stereocenters. The highest BCUT2D eigenvalue weighted by Crippen LogP contribution is 2.13.